The number of carbonyl (C=O) groups is 1. The van der Waals surface area contributed by atoms with Crippen molar-refractivity contribution in [2.24, 2.45) is 0 Å². The van der Waals surface area contributed by atoms with Gasteiger partial charge < -0.3 is 10.6 Å². The molecule has 2 N–H and O–H groups in total. The normalized spacial score (nSPS) is 20.8. The Bertz CT molecular complexity index is 430. The number of carbonyl (C=O) groups excluding carboxylic acids is 1. The standard InChI is InChI=1S/C15H21FN2O/c1-11(13-6-2-3-7-14(13)16)9-15(19)18-12-5-4-8-17-10-12/h2-3,6-7,11-12,17H,4-5,8-10H2,1H3,(H,18,19). The lowest BCUT2D eigenvalue weighted by Crippen LogP contribution is -2.45. The van der Waals surface area contributed by atoms with E-state index in [0.29, 0.717) is 12.0 Å². The second kappa shape index (κ2) is 6.66. The summed E-state index contributed by atoms with van der Waals surface area (Å²) in [5.74, 6) is -0.329. The summed E-state index contributed by atoms with van der Waals surface area (Å²) in [7, 11) is 0. The first-order chi connectivity index (χ1) is 9.16. The van der Waals surface area contributed by atoms with Crippen LogP contribution in [0.1, 0.15) is 37.7 Å². The Hall–Kier alpha value is -1.42. The molecule has 1 saturated heterocycles. The SMILES string of the molecule is CC(CC(=O)NC1CCCNC1)c1ccccc1F. The largest absolute Gasteiger partial charge is 0.352 e. The van der Waals surface area contributed by atoms with Gasteiger partial charge in [-0.15, -0.1) is 0 Å². The van der Waals surface area contributed by atoms with E-state index in [1.165, 1.54) is 6.07 Å². The Kier molecular flexibility index (Phi) is 4.91. The quantitative estimate of drug-likeness (QED) is 0.875. The van der Waals surface area contributed by atoms with Gasteiger partial charge in [-0.1, -0.05) is 25.1 Å². The van der Waals surface area contributed by atoms with Gasteiger partial charge in [0.1, 0.15) is 5.82 Å². The molecule has 2 rings (SSSR count). The molecule has 3 nitrogen and oxygen atoms in total. The predicted molar refractivity (Wildman–Crippen MR) is 73.5 cm³/mol. The molecule has 19 heavy (non-hydrogen) atoms. The van der Waals surface area contributed by atoms with Gasteiger partial charge in [0.05, 0.1) is 0 Å². The van der Waals surface area contributed by atoms with E-state index in [9.17, 15) is 9.18 Å². The van der Waals surface area contributed by atoms with Gasteiger partial charge in [0.25, 0.3) is 0 Å². The minimum Gasteiger partial charge on any atom is -0.352 e. The number of hydrogen-bond donors (Lipinski definition) is 2. The number of benzene rings is 1. The van der Waals surface area contributed by atoms with Crippen LogP contribution in [0, 0.1) is 5.82 Å². The number of rotatable bonds is 4. The van der Waals surface area contributed by atoms with Crippen LogP contribution in [-0.4, -0.2) is 25.0 Å². The summed E-state index contributed by atoms with van der Waals surface area (Å²) < 4.78 is 13.6. The van der Waals surface area contributed by atoms with Gasteiger partial charge >= 0.3 is 0 Å². The van der Waals surface area contributed by atoms with E-state index in [0.717, 1.165) is 25.9 Å². The van der Waals surface area contributed by atoms with E-state index in [4.69, 9.17) is 0 Å². The summed E-state index contributed by atoms with van der Waals surface area (Å²) in [6, 6.07) is 6.87. The molecule has 4 heteroatoms. The van der Waals surface area contributed by atoms with Crippen molar-refractivity contribution in [2.45, 2.75) is 38.1 Å². The van der Waals surface area contributed by atoms with Crippen LogP contribution in [0.3, 0.4) is 0 Å². The fourth-order valence-corrected chi connectivity index (χ4v) is 2.52. The van der Waals surface area contributed by atoms with Gasteiger partial charge in [-0.25, -0.2) is 4.39 Å². The monoisotopic (exact) mass is 264 g/mol. The number of piperidine rings is 1. The topological polar surface area (TPSA) is 41.1 Å². The van der Waals surface area contributed by atoms with E-state index in [1.54, 1.807) is 18.2 Å². The molecule has 0 aliphatic carbocycles. The Morgan fingerprint density at radius 1 is 1.53 bits per heavy atom. The van der Waals surface area contributed by atoms with Crippen molar-refractivity contribution >= 4 is 5.91 Å². The second-order valence-corrected chi connectivity index (χ2v) is 5.24. The zero-order valence-corrected chi connectivity index (χ0v) is 11.3. The first-order valence-electron chi connectivity index (χ1n) is 6.91. The summed E-state index contributed by atoms with van der Waals surface area (Å²) in [4.78, 5) is 11.9. The molecule has 1 aliphatic rings. The maximum atomic E-state index is 13.6. The number of halogens is 1. The highest BCUT2D eigenvalue weighted by atomic mass is 19.1. The predicted octanol–water partition coefficient (Wildman–Crippen LogP) is 2.19. The lowest BCUT2D eigenvalue weighted by Gasteiger charge is -2.24. The van der Waals surface area contributed by atoms with E-state index in [2.05, 4.69) is 10.6 Å². The summed E-state index contributed by atoms with van der Waals surface area (Å²) in [6.07, 6.45) is 2.44. The van der Waals surface area contributed by atoms with Crippen molar-refractivity contribution in [1.82, 2.24) is 10.6 Å². The molecule has 1 aliphatic heterocycles. The van der Waals surface area contributed by atoms with Crippen LogP contribution in [0.5, 0.6) is 0 Å². The highest BCUT2D eigenvalue weighted by molar-refractivity contribution is 5.77. The average molecular weight is 264 g/mol. The zero-order chi connectivity index (χ0) is 13.7. The number of amides is 1. The molecule has 0 spiro atoms. The Morgan fingerprint density at radius 2 is 2.32 bits per heavy atom. The molecule has 1 heterocycles. The number of hydrogen-bond acceptors (Lipinski definition) is 2. The minimum absolute atomic E-state index is 0.00412. The van der Waals surface area contributed by atoms with Gasteiger partial charge in [-0.3, -0.25) is 4.79 Å². The summed E-state index contributed by atoms with van der Waals surface area (Å²) in [6.45, 7) is 3.74. The third-order valence-corrected chi connectivity index (χ3v) is 3.59. The van der Waals surface area contributed by atoms with Gasteiger partial charge in [0, 0.05) is 19.0 Å². The smallest absolute Gasteiger partial charge is 0.220 e. The van der Waals surface area contributed by atoms with Crippen LogP contribution in [0.25, 0.3) is 0 Å². The Balaban J connectivity index is 1.86. The van der Waals surface area contributed by atoms with Crippen molar-refractivity contribution in [1.29, 1.82) is 0 Å². The van der Waals surface area contributed by atoms with Crippen LogP contribution >= 0.6 is 0 Å². The number of nitrogens with one attached hydrogen (secondary N) is 2. The molecule has 0 aromatic heterocycles. The molecule has 1 aromatic rings. The van der Waals surface area contributed by atoms with Crippen molar-refractivity contribution in [3.05, 3.63) is 35.6 Å². The maximum absolute atomic E-state index is 13.6. The van der Waals surface area contributed by atoms with Gasteiger partial charge in [0.2, 0.25) is 5.91 Å². The second-order valence-electron chi connectivity index (χ2n) is 5.24. The van der Waals surface area contributed by atoms with E-state index in [1.807, 2.05) is 6.92 Å². The van der Waals surface area contributed by atoms with Crippen LogP contribution in [0.2, 0.25) is 0 Å². The van der Waals surface area contributed by atoms with Crippen molar-refractivity contribution in [3.63, 3.8) is 0 Å². The molecular weight excluding hydrogens is 243 g/mol. The summed E-state index contributed by atoms with van der Waals surface area (Å²) >= 11 is 0. The summed E-state index contributed by atoms with van der Waals surface area (Å²) in [5.41, 5.74) is 0.611. The van der Waals surface area contributed by atoms with Crippen LogP contribution < -0.4 is 10.6 Å². The lowest BCUT2D eigenvalue weighted by atomic mass is 9.96. The van der Waals surface area contributed by atoms with Crippen LogP contribution in [0.15, 0.2) is 24.3 Å². The highest BCUT2D eigenvalue weighted by Gasteiger charge is 2.18. The van der Waals surface area contributed by atoms with Crippen LogP contribution in [0.4, 0.5) is 4.39 Å². The molecule has 0 saturated carbocycles. The zero-order valence-electron chi connectivity index (χ0n) is 11.3. The fraction of sp³-hybridized carbons (Fsp3) is 0.533. The van der Waals surface area contributed by atoms with Crippen molar-refractivity contribution in [2.75, 3.05) is 13.1 Å². The van der Waals surface area contributed by atoms with Gasteiger partial charge in [-0.2, -0.15) is 0 Å². The molecule has 2 atom stereocenters. The average Bonchev–Trinajstić information content (AvgIpc) is 2.40. The molecule has 2 unspecified atom stereocenters. The first-order valence-corrected chi connectivity index (χ1v) is 6.91. The minimum atomic E-state index is -0.234. The Labute approximate surface area is 113 Å². The molecule has 104 valence electrons. The molecule has 1 amide bonds. The van der Waals surface area contributed by atoms with Crippen molar-refractivity contribution in [3.8, 4) is 0 Å². The van der Waals surface area contributed by atoms with Crippen LogP contribution in [-0.2, 0) is 4.79 Å². The molecule has 0 bridgehead atoms. The molecular formula is C15H21FN2O. The maximum Gasteiger partial charge on any atom is 0.220 e. The first kappa shape index (κ1) is 14.0. The fourth-order valence-electron chi connectivity index (χ4n) is 2.52. The third kappa shape index (κ3) is 4.03. The van der Waals surface area contributed by atoms with E-state index in [-0.39, 0.29) is 23.7 Å². The van der Waals surface area contributed by atoms with E-state index >= 15 is 0 Å². The highest BCUT2D eigenvalue weighted by Crippen LogP contribution is 2.21. The lowest BCUT2D eigenvalue weighted by molar-refractivity contribution is -0.122. The Morgan fingerprint density at radius 3 is 3.00 bits per heavy atom. The molecule has 0 radical (unpaired) electrons. The van der Waals surface area contributed by atoms with Crippen molar-refractivity contribution < 1.29 is 9.18 Å². The third-order valence-electron chi connectivity index (χ3n) is 3.59. The molecule has 1 aromatic carbocycles. The van der Waals surface area contributed by atoms with Gasteiger partial charge in [0.15, 0.2) is 0 Å². The van der Waals surface area contributed by atoms with Gasteiger partial charge in [-0.05, 0) is 36.9 Å². The summed E-state index contributed by atoms with van der Waals surface area (Å²) in [5, 5.41) is 6.27. The van der Waals surface area contributed by atoms with E-state index < -0.39 is 0 Å². The molecule has 1 fully saturated rings.